The van der Waals surface area contributed by atoms with Gasteiger partial charge in [-0.3, -0.25) is 0 Å². The van der Waals surface area contributed by atoms with E-state index in [1.54, 1.807) is 6.92 Å². The molecule has 0 fully saturated rings. The second-order valence-corrected chi connectivity index (χ2v) is 4.15. The number of ether oxygens (including phenoxy) is 1. The Morgan fingerprint density at radius 1 is 1.43 bits per heavy atom. The third-order valence-electron chi connectivity index (χ3n) is 1.77. The molecule has 0 radical (unpaired) electrons. The molecule has 86 valence electrons. The molecule has 0 saturated heterocycles. The summed E-state index contributed by atoms with van der Waals surface area (Å²) in [4.78, 5) is 0. The molecule has 2 unspecified atom stereocenters. The summed E-state index contributed by atoms with van der Waals surface area (Å²) in [7, 11) is 1.46. The molecule has 0 saturated carbocycles. The van der Waals surface area contributed by atoms with Gasteiger partial charge in [-0.15, -0.1) is 11.8 Å². The average Bonchev–Trinajstić information content (AvgIpc) is 2.09. The lowest BCUT2D eigenvalue weighted by Gasteiger charge is -2.24. The van der Waals surface area contributed by atoms with Gasteiger partial charge in [0.25, 0.3) is 0 Å². The van der Waals surface area contributed by atoms with Gasteiger partial charge in [0.2, 0.25) is 0 Å². The van der Waals surface area contributed by atoms with Crippen LogP contribution in [0.3, 0.4) is 0 Å². The van der Waals surface area contributed by atoms with Crippen LogP contribution in [0.25, 0.3) is 0 Å². The van der Waals surface area contributed by atoms with Crippen molar-refractivity contribution < 1.29 is 17.9 Å². The molecular weight excluding hydrogens is 215 g/mol. The Balaban J connectivity index is 4.12. The molecule has 0 bridgehead atoms. The number of halogens is 3. The highest BCUT2D eigenvalue weighted by Gasteiger charge is 2.42. The predicted octanol–water partition coefficient (Wildman–Crippen LogP) is 2.03. The highest BCUT2D eigenvalue weighted by molar-refractivity contribution is 8.00. The Hall–Kier alpha value is 0.0600. The molecule has 2 N–H and O–H groups in total. The summed E-state index contributed by atoms with van der Waals surface area (Å²) >= 11 is 0.811. The van der Waals surface area contributed by atoms with E-state index in [0.717, 1.165) is 11.8 Å². The minimum absolute atomic E-state index is 0.313. The smallest absolute Gasteiger partial charge is 0.384 e. The maximum absolute atomic E-state index is 12.4. The summed E-state index contributed by atoms with van der Waals surface area (Å²) < 4.78 is 42.0. The first-order valence-electron chi connectivity index (χ1n) is 4.36. The van der Waals surface area contributed by atoms with Crippen LogP contribution in [0, 0.1) is 0 Å². The molecular formula is C8H16F3NOS. The molecule has 0 aliphatic carbocycles. The molecule has 0 heterocycles. The Morgan fingerprint density at radius 2 is 2.00 bits per heavy atom. The SMILES string of the molecule is CCC(N)C(SCCOC)C(F)(F)F. The van der Waals surface area contributed by atoms with E-state index >= 15 is 0 Å². The van der Waals surface area contributed by atoms with Crippen molar-refractivity contribution in [3.63, 3.8) is 0 Å². The summed E-state index contributed by atoms with van der Waals surface area (Å²) in [5.74, 6) is 0.314. The number of alkyl halides is 3. The zero-order valence-electron chi connectivity index (χ0n) is 8.30. The van der Waals surface area contributed by atoms with Crippen LogP contribution in [-0.4, -0.2) is 36.9 Å². The monoisotopic (exact) mass is 231 g/mol. The minimum atomic E-state index is -4.23. The van der Waals surface area contributed by atoms with Gasteiger partial charge in [0.15, 0.2) is 0 Å². The summed E-state index contributed by atoms with van der Waals surface area (Å²) in [6, 6.07) is -0.836. The van der Waals surface area contributed by atoms with E-state index in [-0.39, 0.29) is 0 Å². The largest absolute Gasteiger partial charge is 0.402 e. The van der Waals surface area contributed by atoms with E-state index in [4.69, 9.17) is 5.73 Å². The standard InChI is InChI=1S/C8H16F3NOS/c1-3-6(12)7(8(9,10)11)14-5-4-13-2/h6-7H,3-5,12H2,1-2H3. The number of hydrogen-bond acceptors (Lipinski definition) is 3. The van der Waals surface area contributed by atoms with Crippen molar-refractivity contribution in [1.82, 2.24) is 0 Å². The second kappa shape index (κ2) is 6.53. The van der Waals surface area contributed by atoms with Crippen LogP contribution in [-0.2, 0) is 4.74 Å². The van der Waals surface area contributed by atoms with Crippen molar-refractivity contribution in [2.24, 2.45) is 5.73 Å². The van der Waals surface area contributed by atoms with Crippen molar-refractivity contribution in [3.8, 4) is 0 Å². The van der Waals surface area contributed by atoms with E-state index in [0.29, 0.717) is 18.8 Å². The van der Waals surface area contributed by atoms with Crippen LogP contribution < -0.4 is 5.73 Å². The van der Waals surface area contributed by atoms with Gasteiger partial charge in [-0.1, -0.05) is 6.92 Å². The van der Waals surface area contributed by atoms with Gasteiger partial charge in [-0.2, -0.15) is 13.2 Å². The predicted molar refractivity (Wildman–Crippen MR) is 52.4 cm³/mol. The van der Waals surface area contributed by atoms with E-state index in [9.17, 15) is 13.2 Å². The van der Waals surface area contributed by atoms with E-state index in [2.05, 4.69) is 4.74 Å². The lowest BCUT2D eigenvalue weighted by atomic mass is 10.1. The fourth-order valence-electron chi connectivity index (χ4n) is 0.933. The summed E-state index contributed by atoms with van der Waals surface area (Å²) in [5, 5.41) is -1.48. The number of methoxy groups -OCH3 is 1. The topological polar surface area (TPSA) is 35.2 Å². The van der Waals surface area contributed by atoms with E-state index in [1.165, 1.54) is 7.11 Å². The lowest BCUT2D eigenvalue weighted by molar-refractivity contribution is -0.132. The molecule has 0 amide bonds. The first-order chi connectivity index (χ1) is 6.43. The third-order valence-corrected chi connectivity index (χ3v) is 3.15. The first kappa shape index (κ1) is 14.1. The van der Waals surface area contributed by atoms with Crippen LogP contribution in [0.5, 0.6) is 0 Å². The van der Waals surface area contributed by atoms with Crippen LogP contribution >= 0.6 is 11.8 Å². The van der Waals surface area contributed by atoms with E-state index in [1.807, 2.05) is 0 Å². The summed E-state index contributed by atoms with van der Waals surface area (Å²) in [5.41, 5.74) is 5.40. The molecule has 2 nitrogen and oxygen atoms in total. The quantitative estimate of drug-likeness (QED) is 0.710. The molecule has 6 heteroatoms. The first-order valence-corrected chi connectivity index (χ1v) is 5.41. The average molecular weight is 231 g/mol. The molecule has 0 spiro atoms. The van der Waals surface area contributed by atoms with Crippen LogP contribution in [0.1, 0.15) is 13.3 Å². The highest BCUT2D eigenvalue weighted by atomic mass is 32.2. The number of rotatable bonds is 6. The summed E-state index contributed by atoms with van der Waals surface area (Å²) in [6.07, 6.45) is -3.90. The number of thioether (sulfide) groups is 1. The molecule has 0 aromatic rings. The van der Waals surface area contributed by atoms with Crippen molar-refractivity contribution in [1.29, 1.82) is 0 Å². The van der Waals surface area contributed by atoms with Gasteiger partial charge in [0.1, 0.15) is 5.25 Å². The summed E-state index contributed by atoms with van der Waals surface area (Å²) in [6.45, 7) is 1.97. The molecule has 0 rings (SSSR count). The van der Waals surface area contributed by atoms with Gasteiger partial charge in [-0.05, 0) is 6.42 Å². The Labute approximate surface area is 86.4 Å². The fraction of sp³-hybridized carbons (Fsp3) is 1.00. The van der Waals surface area contributed by atoms with Gasteiger partial charge in [0, 0.05) is 18.9 Å². The Bertz CT molecular complexity index is 154. The molecule has 14 heavy (non-hydrogen) atoms. The minimum Gasteiger partial charge on any atom is -0.384 e. The van der Waals surface area contributed by atoms with Gasteiger partial charge < -0.3 is 10.5 Å². The van der Waals surface area contributed by atoms with Gasteiger partial charge in [-0.25, -0.2) is 0 Å². The fourth-order valence-corrected chi connectivity index (χ4v) is 2.08. The van der Waals surface area contributed by atoms with Crippen LogP contribution in [0.2, 0.25) is 0 Å². The van der Waals surface area contributed by atoms with Gasteiger partial charge in [0.05, 0.1) is 6.61 Å². The molecule has 0 aromatic carbocycles. The van der Waals surface area contributed by atoms with E-state index < -0.39 is 17.5 Å². The second-order valence-electron chi connectivity index (χ2n) is 2.90. The highest BCUT2D eigenvalue weighted by Crippen LogP contribution is 2.32. The van der Waals surface area contributed by atoms with Crippen molar-refractivity contribution >= 4 is 11.8 Å². The molecule has 2 atom stereocenters. The molecule has 0 aromatic heterocycles. The maximum atomic E-state index is 12.4. The zero-order chi connectivity index (χ0) is 11.2. The molecule has 0 aliphatic rings. The van der Waals surface area contributed by atoms with Crippen molar-refractivity contribution in [3.05, 3.63) is 0 Å². The lowest BCUT2D eigenvalue weighted by Crippen LogP contribution is -2.42. The zero-order valence-corrected chi connectivity index (χ0v) is 9.12. The van der Waals surface area contributed by atoms with Crippen LogP contribution in [0.15, 0.2) is 0 Å². The Kier molecular flexibility index (Phi) is 6.55. The molecule has 0 aliphatic heterocycles. The number of hydrogen-bond donors (Lipinski definition) is 1. The third kappa shape index (κ3) is 5.07. The van der Waals surface area contributed by atoms with Crippen molar-refractivity contribution in [2.75, 3.05) is 19.5 Å². The van der Waals surface area contributed by atoms with Crippen LogP contribution in [0.4, 0.5) is 13.2 Å². The maximum Gasteiger partial charge on any atom is 0.402 e. The number of nitrogens with two attached hydrogens (primary N) is 1. The van der Waals surface area contributed by atoms with Crippen molar-refractivity contribution in [2.45, 2.75) is 30.8 Å². The Morgan fingerprint density at radius 3 is 2.36 bits per heavy atom. The van der Waals surface area contributed by atoms with Gasteiger partial charge >= 0.3 is 6.18 Å². The normalized spacial score (nSPS) is 16.7.